The summed E-state index contributed by atoms with van der Waals surface area (Å²) in [5.41, 5.74) is 3.29. The number of carbonyl (C=O) groups is 1. The Morgan fingerprint density at radius 3 is 2.26 bits per heavy atom. The van der Waals surface area contributed by atoms with Gasteiger partial charge in [-0.05, 0) is 72.4 Å². The van der Waals surface area contributed by atoms with Gasteiger partial charge < -0.3 is 10.2 Å². The lowest BCUT2D eigenvalue weighted by atomic mass is 9.96. The van der Waals surface area contributed by atoms with E-state index >= 15 is 0 Å². The maximum absolute atomic E-state index is 13.2. The number of anilines is 2. The van der Waals surface area contributed by atoms with E-state index in [4.69, 9.17) is 0 Å². The van der Waals surface area contributed by atoms with Gasteiger partial charge in [0.05, 0.1) is 5.56 Å². The van der Waals surface area contributed by atoms with Crippen molar-refractivity contribution in [2.45, 2.75) is 25.4 Å². The van der Waals surface area contributed by atoms with Crippen molar-refractivity contribution in [3.05, 3.63) is 120 Å². The molecule has 0 radical (unpaired) electrons. The molecule has 1 N–H and O–H groups in total. The summed E-state index contributed by atoms with van der Waals surface area (Å²) in [5.74, 6) is -0.317. The van der Waals surface area contributed by atoms with E-state index in [1.807, 2.05) is 48.5 Å². The van der Waals surface area contributed by atoms with Crippen molar-refractivity contribution in [1.29, 1.82) is 0 Å². The highest BCUT2D eigenvalue weighted by molar-refractivity contribution is 6.06. The van der Waals surface area contributed by atoms with Crippen LogP contribution < -0.4 is 10.2 Å². The summed E-state index contributed by atoms with van der Waals surface area (Å²) >= 11 is 0. The van der Waals surface area contributed by atoms with E-state index in [2.05, 4.69) is 15.2 Å². The van der Waals surface area contributed by atoms with E-state index in [1.165, 1.54) is 37.5 Å². The van der Waals surface area contributed by atoms with Gasteiger partial charge in [0, 0.05) is 53.7 Å². The molecule has 198 valence electrons. The minimum absolute atomic E-state index is 0.317. The molecule has 5 rings (SSSR count). The number of hydrogen-bond donors (Lipinski definition) is 1. The van der Waals surface area contributed by atoms with E-state index in [1.54, 1.807) is 24.5 Å². The zero-order valence-corrected chi connectivity index (χ0v) is 21.3. The van der Waals surface area contributed by atoms with Gasteiger partial charge in [-0.2, -0.15) is 13.2 Å². The highest BCUT2D eigenvalue weighted by atomic mass is 19.4. The van der Waals surface area contributed by atoms with Crippen molar-refractivity contribution in [1.82, 2.24) is 4.98 Å². The summed E-state index contributed by atoms with van der Waals surface area (Å²) < 4.78 is 39.5. The molecule has 0 atom stereocenters. The van der Waals surface area contributed by atoms with Crippen LogP contribution in [-0.2, 0) is 11.0 Å². The Kier molecular flexibility index (Phi) is 7.77. The number of pyridine rings is 1. The van der Waals surface area contributed by atoms with E-state index in [0.29, 0.717) is 16.8 Å². The Morgan fingerprint density at radius 2 is 1.56 bits per heavy atom. The molecule has 1 aliphatic rings. The summed E-state index contributed by atoms with van der Waals surface area (Å²) in [5, 5.41) is 4.69. The Morgan fingerprint density at radius 1 is 0.872 bits per heavy atom. The van der Waals surface area contributed by atoms with Crippen LogP contribution in [0.1, 0.15) is 36.0 Å². The molecule has 0 aliphatic carbocycles. The zero-order chi connectivity index (χ0) is 27.2. The zero-order valence-electron chi connectivity index (χ0n) is 21.3. The van der Waals surface area contributed by atoms with Crippen LogP contribution in [0.2, 0.25) is 0 Å². The van der Waals surface area contributed by atoms with Gasteiger partial charge in [0.15, 0.2) is 0 Å². The Bertz CT molecular complexity index is 1500. The first-order valence-electron chi connectivity index (χ1n) is 12.9. The molecule has 39 heavy (non-hydrogen) atoms. The molecular weight excluding hydrogens is 499 g/mol. The number of fused-ring (bicyclic) bond motifs is 1. The first-order valence-corrected chi connectivity index (χ1v) is 12.9. The minimum atomic E-state index is -4.41. The maximum Gasteiger partial charge on any atom is 0.416 e. The normalized spacial score (nSPS) is 14.6. The largest absolute Gasteiger partial charge is 0.416 e. The van der Waals surface area contributed by atoms with Crippen LogP contribution in [0, 0.1) is 0 Å². The number of nitrogens with one attached hydrogen (secondary N) is 1. The fraction of sp³-hybridized carbons (Fsp3) is 0.188. The minimum Gasteiger partial charge on any atom is -0.372 e. The number of nitrogens with zero attached hydrogens (tertiary/aromatic N) is 2. The third-order valence-electron chi connectivity index (χ3n) is 6.87. The van der Waals surface area contributed by atoms with Crippen molar-refractivity contribution in [3.63, 3.8) is 0 Å². The van der Waals surface area contributed by atoms with Crippen molar-refractivity contribution in [2.24, 2.45) is 0 Å². The lowest BCUT2D eigenvalue weighted by Gasteiger charge is -2.29. The van der Waals surface area contributed by atoms with Crippen molar-refractivity contribution in [2.75, 3.05) is 23.3 Å². The first-order chi connectivity index (χ1) is 18.9. The topological polar surface area (TPSA) is 45.2 Å². The number of carbonyl (C=O) groups excluding carboxylic acids is 1. The van der Waals surface area contributed by atoms with Crippen LogP contribution in [0.15, 0.2) is 103 Å². The SMILES string of the molecule is O=C(/C=C/C=C(/c1ccc(N2CCCCC2)cc1)c1ccc(C(F)(F)F)cc1)Nc1cccc2cnccc12. The molecule has 1 fully saturated rings. The quantitative estimate of drug-likeness (QED) is 0.205. The van der Waals surface area contributed by atoms with Gasteiger partial charge in [0.1, 0.15) is 0 Å². The molecule has 3 aromatic carbocycles. The molecule has 4 aromatic rings. The second kappa shape index (κ2) is 11.6. The van der Waals surface area contributed by atoms with E-state index in [0.717, 1.165) is 47.2 Å². The third-order valence-corrected chi connectivity index (χ3v) is 6.87. The monoisotopic (exact) mass is 527 g/mol. The molecule has 0 bridgehead atoms. The number of piperidine rings is 1. The van der Waals surface area contributed by atoms with Crippen LogP contribution in [0.25, 0.3) is 16.3 Å². The average molecular weight is 528 g/mol. The average Bonchev–Trinajstić information content (AvgIpc) is 2.96. The van der Waals surface area contributed by atoms with Crippen LogP contribution >= 0.6 is 0 Å². The Hall–Kier alpha value is -4.39. The smallest absolute Gasteiger partial charge is 0.372 e. The highest BCUT2D eigenvalue weighted by Crippen LogP contribution is 2.32. The van der Waals surface area contributed by atoms with Crippen molar-refractivity contribution < 1.29 is 18.0 Å². The molecule has 1 saturated heterocycles. The van der Waals surface area contributed by atoms with Crippen molar-refractivity contribution in [3.8, 4) is 0 Å². The maximum atomic E-state index is 13.2. The number of allylic oxidation sites excluding steroid dienone is 2. The number of amides is 1. The van der Waals surface area contributed by atoms with Gasteiger partial charge in [-0.15, -0.1) is 0 Å². The summed E-state index contributed by atoms with van der Waals surface area (Å²) in [7, 11) is 0. The van der Waals surface area contributed by atoms with Gasteiger partial charge in [-0.25, -0.2) is 0 Å². The Balaban J connectivity index is 1.41. The standard InChI is InChI=1S/C32H28F3N3O/c33-32(34,35)26-14-10-23(11-15-26)28(24-12-16-27(17-13-24)38-20-2-1-3-21-38)7-5-9-31(39)37-30-8-4-6-25-22-36-19-18-29(25)30/h4-19,22H,1-3,20-21H2,(H,37,39)/b9-5+,28-7+. The van der Waals surface area contributed by atoms with Gasteiger partial charge >= 0.3 is 6.18 Å². The second-order valence-corrected chi connectivity index (χ2v) is 9.50. The third kappa shape index (κ3) is 6.37. The van der Waals surface area contributed by atoms with Gasteiger partial charge in [-0.1, -0.05) is 48.6 Å². The molecule has 0 spiro atoms. The molecular formula is C32H28F3N3O. The molecule has 1 aromatic heterocycles. The van der Waals surface area contributed by atoms with E-state index < -0.39 is 11.7 Å². The van der Waals surface area contributed by atoms with Gasteiger partial charge in [-0.3, -0.25) is 9.78 Å². The number of hydrogen-bond acceptors (Lipinski definition) is 3. The van der Waals surface area contributed by atoms with Crippen LogP contribution in [0.5, 0.6) is 0 Å². The summed E-state index contributed by atoms with van der Waals surface area (Å²) in [6.45, 7) is 2.04. The number of alkyl halides is 3. The van der Waals surface area contributed by atoms with E-state index in [9.17, 15) is 18.0 Å². The first kappa shape index (κ1) is 26.2. The summed E-state index contributed by atoms with van der Waals surface area (Å²) in [4.78, 5) is 19.2. The fourth-order valence-electron chi connectivity index (χ4n) is 4.84. The predicted molar refractivity (Wildman–Crippen MR) is 151 cm³/mol. The van der Waals surface area contributed by atoms with Crippen molar-refractivity contribution >= 4 is 33.6 Å². The van der Waals surface area contributed by atoms with Gasteiger partial charge in [0.2, 0.25) is 5.91 Å². The lowest BCUT2D eigenvalue weighted by Crippen LogP contribution is -2.29. The predicted octanol–water partition coefficient (Wildman–Crippen LogP) is 7.87. The molecule has 1 aliphatic heterocycles. The molecule has 0 saturated carbocycles. The molecule has 2 heterocycles. The summed E-state index contributed by atoms with van der Waals surface area (Å²) in [6.07, 6.45) is 7.36. The van der Waals surface area contributed by atoms with Crippen LogP contribution in [0.4, 0.5) is 24.5 Å². The number of rotatable bonds is 6. The van der Waals surface area contributed by atoms with E-state index in [-0.39, 0.29) is 5.91 Å². The Labute approximate surface area is 225 Å². The summed E-state index contributed by atoms with van der Waals surface area (Å²) in [6, 6.07) is 20.6. The molecule has 1 amide bonds. The number of aromatic nitrogens is 1. The second-order valence-electron chi connectivity index (χ2n) is 9.50. The molecule has 4 nitrogen and oxygen atoms in total. The number of halogens is 3. The number of benzene rings is 3. The molecule has 0 unspecified atom stereocenters. The lowest BCUT2D eigenvalue weighted by molar-refractivity contribution is -0.137. The fourth-order valence-corrected chi connectivity index (χ4v) is 4.84. The van der Waals surface area contributed by atoms with Crippen LogP contribution in [-0.4, -0.2) is 24.0 Å². The highest BCUT2D eigenvalue weighted by Gasteiger charge is 2.30. The molecule has 7 heteroatoms. The van der Waals surface area contributed by atoms with Gasteiger partial charge in [0.25, 0.3) is 0 Å². The van der Waals surface area contributed by atoms with Crippen LogP contribution in [0.3, 0.4) is 0 Å².